The number of pyridine rings is 2. The molecule has 4 heterocycles. The highest BCUT2D eigenvalue weighted by molar-refractivity contribution is 6.12. The van der Waals surface area contributed by atoms with Crippen molar-refractivity contribution in [1.29, 1.82) is 0 Å². The number of aromatic nitrogens is 5. The second-order valence-corrected chi connectivity index (χ2v) is 15.8. The van der Waals surface area contributed by atoms with Crippen LogP contribution in [0.25, 0.3) is 61.2 Å². The smallest absolute Gasteiger partial charge is 0.255 e. The Morgan fingerprint density at radius 3 is 1.86 bits per heavy atom. The third kappa shape index (κ3) is 6.18. The summed E-state index contributed by atoms with van der Waals surface area (Å²) < 4.78 is 6.86. The maximum absolute atomic E-state index is 5.00. The first-order valence-corrected chi connectivity index (χ1v) is 19.8. The average Bonchev–Trinajstić information content (AvgIpc) is 3.82. The molecule has 0 atom stereocenters. The number of hydrogen-bond donors (Lipinski definition) is 0. The van der Waals surface area contributed by atoms with Gasteiger partial charge in [0.2, 0.25) is 0 Å². The summed E-state index contributed by atoms with van der Waals surface area (Å²) in [5.74, 6) is 0.914. The maximum Gasteiger partial charge on any atom is 0.255 e. The largest absolute Gasteiger partial charge is 0.294 e. The van der Waals surface area contributed by atoms with Crippen molar-refractivity contribution in [2.24, 2.45) is 0 Å². The molecule has 0 amide bonds. The molecular formula is C53H42N5+. The molecule has 0 radical (unpaired) electrons. The quantitative estimate of drug-likeness (QED) is 0.120. The first-order valence-electron chi connectivity index (χ1n) is 19.8. The molecule has 0 spiro atoms. The third-order valence-corrected chi connectivity index (χ3v) is 11.2. The van der Waals surface area contributed by atoms with Crippen LogP contribution in [0.4, 0.5) is 0 Å². The molecule has 0 aliphatic rings. The van der Waals surface area contributed by atoms with Gasteiger partial charge in [-0.15, -0.1) is 0 Å². The van der Waals surface area contributed by atoms with Crippen LogP contribution in [0.2, 0.25) is 0 Å². The SMILES string of the molecule is CC(C)(C)c1ccnc(-n2c3ccccc3c3ccc(C(=C(c4ccccc4)c4ccccc4)c4cccc(-n5c[n+](-c6ccncc6)c6ccccc65)c4)cc32)c1. The topological polar surface area (TPSA) is 39.5 Å². The van der Waals surface area contributed by atoms with Gasteiger partial charge in [-0.05, 0) is 92.9 Å². The Balaban J connectivity index is 1.26. The van der Waals surface area contributed by atoms with E-state index in [0.29, 0.717) is 0 Å². The van der Waals surface area contributed by atoms with E-state index < -0.39 is 0 Å². The predicted octanol–water partition coefficient (Wildman–Crippen LogP) is 12.1. The fraction of sp³-hybridized carbons (Fsp3) is 0.0755. The van der Waals surface area contributed by atoms with Crippen molar-refractivity contribution in [2.45, 2.75) is 26.2 Å². The molecule has 278 valence electrons. The first kappa shape index (κ1) is 35.1. The molecule has 5 nitrogen and oxygen atoms in total. The van der Waals surface area contributed by atoms with Crippen LogP contribution < -0.4 is 4.57 Å². The second kappa shape index (κ2) is 14.3. The maximum atomic E-state index is 5.00. The first-order chi connectivity index (χ1) is 28.4. The molecule has 0 aliphatic carbocycles. The number of fused-ring (bicyclic) bond motifs is 4. The Bertz CT molecular complexity index is 3090. The predicted molar refractivity (Wildman–Crippen MR) is 238 cm³/mol. The monoisotopic (exact) mass is 748 g/mol. The van der Waals surface area contributed by atoms with Gasteiger partial charge >= 0.3 is 0 Å². The van der Waals surface area contributed by atoms with E-state index >= 15 is 0 Å². The van der Waals surface area contributed by atoms with Gasteiger partial charge in [0.15, 0.2) is 11.0 Å². The van der Waals surface area contributed by atoms with Crippen LogP contribution in [-0.4, -0.2) is 19.1 Å². The number of rotatable bonds is 7. The molecule has 0 unspecified atom stereocenters. The average molecular weight is 749 g/mol. The Hall–Kier alpha value is -7.37. The minimum Gasteiger partial charge on any atom is -0.294 e. The van der Waals surface area contributed by atoms with Crippen molar-refractivity contribution in [3.63, 3.8) is 0 Å². The molecule has 0 N–H and O–H groups in total. The lowest BCUT2D eigenvalue weighted by atomic mass is 9.85. The summed E-state index contributed by atoms with van der Waals surface area (Å²) in [6.45, 7) is 6.77. The van der Waals surface area contributed by atoms with E-state index in [-0.39, 0.29) is 5.41 Å². The van der Waals surface area contributed by atoms with E-state index in [2.05, 4.69) is 210 Å². The summed E-state index contributed by atoms with van der Waals surface area (Å²) in [5, 5.41) is 2.39. The molecule has 0 fully saturated rings. The van der Waals surface area contributed by atoms with Crippen molar-refractivity contribution in [2.75, 3.05) is 0 Å². The number of benzene rings is 6. The highest BCUT2D eigenvalue weighted by Crippen LogP contribution is 2.41. The molecular weight excluding hydrogens is 707 g/mol. The second-order valence-electron chi connectivity index (χ2n) is 15.8. The lowest BCUT2D eigenvalue weighted by Gasteiger charge is -2.20. The molecule has 0 saturated heterocycles. The summed E-state index contributed by atoms with van der Waals surface area (Å²) in [6, 6.07) is 63.2. The van der Waals surface area contributed by atoms with Gasteiger partial charge in [-0.3, -0.25) is 9.55 Å². The molecule has 5 heteroatoms. The zero-order valence-corrected chi connectivity index (χ0v) is 32.8. The lowest BCUT2D eigenvalue weighted by Crippen LogP contribution is -2.28. The summed E-state index contributed by atoms with van der Waals surface area (Å²) >= 11 is 0. The summed E-state index contributed by atoms with van der Waals surface area (Å²) in [5.41, 5.74) is 14.7. The van der Waals surface area contributed by atoms with Crippen molar-refractivity contribution in [3.05, 3.63) is 229 Å². The van der Waals surface area contributed by atoms with Gasteiger partial charge in [-0.2, -0.15) is 9.13 Å². The van der Waals surface area contributed by atoms with E-state index in [0.717, 1.165) is 72.7 Å². The molecule has 4 aromatic heterocycles. The Morgan fingerprint density at radius 1 is 0.500 bits per heavy atom. The van der Waals surface area contributed by atoms with E-state index in [4.69, 9.17) is 4.98 Å². The molecule has 58 heavy (non-hydrogen) atoms. The van der Waals surface area contributed by atoms with E-state index in [1.807, 2.05) is 30.7 Å². The van der Waals surface area contributed by atoms with Crippen LogP contribution in [0, 0.1) is 0 Å². The van der Waals surface area contributed by atoms with Crippen molar-refractivity contribution >= 4 is 44.0 Å². The highest BCUT2D eigenvalue weighted by Gasteiger charge is 2.23. The van der Waals surface area contributed by atoms with Gasteiger partial charge in [0.25, 0.3) is 6.33 Å². The number of nitrogens with zero attached hydrogens (tertiary/aromatic N) is 5. The summed E-state index contributed by atoms with van der Waals surface area (Å²) in [6.07, 6.45) is 7.81. The minimum atomic E-state index is -0.0224. The molecule has 10 aromatic rings. The van der Waals surface area contributed by atoms with Crippen LogP contribution in [0.15, 0.2) is 201 Å². The Labute approximate surface area is 338 Å². The Kier molecular flexibility index (Phi) is 8.64. The van der Waals surface area contributed by atoms with E-state index in [1.54, 1.807) is 0 Å². The van der Waals surface area contributed by atoms with Gasteiger partial charge in [0.05, 0.1) is 11.0 Å². The number of para-hydroxylation sites is 3. The highest BCUT2D eigenvalue weighted by atomic mass is 15.1. The van der Waals surface area contributed by atoms with Gasteiger partial charge in [0.1, 0.15) is 17.2 Å². The van der Waals surface area contributed by atoms with Gasteiger partial charge in [0, 0.05) is 41.5 Å². The van der Waals surface area contributed by atoms with E-state index in [9.17, 15) is 0 Å². The molecule has 10 rings (SSSR count). The van der Waals surface area contributed by atoms with Gasteiger partial charge in [-0.1, -0.05) is 136 Å². The van der Waals surface area contributed by atoms with Crippen LogP contribution in [0.1, 0.15) is 48.6 Å². The zero-order chi connectivity index (χ0) is 39.2. The molecule has 6 aromatic carbocycles. The summed E-state index contributed by atoms with van der Waals surface area (Å²) in [7, 11) is 0. The fourth-order valence-corrected chi connectivity index (χ4v) is 8.34. The standard InChI is InChI=1S/C53H42N5/c1-53(2,3)41-27-32-55-50(35-41)58-46-22-11-10-21-44(46)45-26-25-40(34-49(45)58)52(51(37-15-6-4-7-16-37)38-17-8-5-9-18-38)39-19-14-20-43(33-39)57-36-56(42-28-30-54-31-29-42)47-23-12-13-24-48(47)57/h4-36H,1-3H3/q+1. The normalized spacial score (nSPS) is 11.7. The lowest BCUT2D eigenvalue weighted by molar-refractivity contribution is -0.567. The van der Waals surface area contributed by atoms with Crippen LogP contribution in [0.5, 0.6) is 0 Å². The number of imidazole rings is 1. The summed E-state index contributed by atoms with van der Waals surface area (Å²) in [4.78, 5) is 9.27. The van der Waals surface area contributed by atoms with Crippen molar-refractivity contribution in [1.82, 2.24) is 19.1 Å². The molecule has 0 saturated carbocycles. The zero-order valence-electron chi connectivity index (χ0n) is 32.8. The Morgan fingerprint density at radius 2 is 1.12 bits per heavy atom. The molecule has 0 bridgehead atoms. The van der Waals surface area contributed by atoms with Crippen LogP contribution in [0.3, 0.4) is 0 Å². The fourth-order valence-electron chi connectivity index (χ4n) is 8.34. The molecule has 0 aliphatic heterocycles. The number of hydrogen-bond acceptors (Lipinski definition) is 2. The van der Waals surface area contributed by atoms with Crippen LogP contribution >= 0.6 is 0 Å². The van der Waals surface area contributed by atoms with Gasteiger partial charge in [-0.25, -0.2) is 4.98 Å². The van der Waals surface area contributed by atoms with Crippen LogP contribution in [-0.2, 0) is 5.41 Å². The van der Waals surface area contributed by atoms with Crippen molar-refractivity contribution < 1.29 is 4.57 Å². The van der Waals surface area contributed by atoms with Crippen molar-refractivity contribution in [3.8, 4) is 17.2 Å². The third-order valence-electron chi connectivity index (χ3n) is 11.2. The minimum absolute atomic E-state index is 0.0224. The van der Waals surface area contributed by atoms with Gasteiger partial charge < -0.3 is 0 Å². The van der Waals surface area contributed by atoms with E-state index in [1.165, 1.54) is 16.3 Å².